The average Bonchev–Trinajstić information content (AvgIpc) is 3.04. The van der Waals surface area contributed by atoms with Crippen LogP contribution in [0.5, 0.6) is 0 Å². The van der Waals surface area contributed by atoms with Crippen LogP contribution in [0.15, 0.2) is 54.9 Å². The van der Waals surface area contributed by atoms with Crippen molar-refractivity contribution in [3.8, 4) is 0 Å². The zero-order valence-corrected chi connectivity index (χ0v) is 14.1. The van der Waals surface area contributed by atoms with Gasteiger partial charge in [0.15, 0.2) is 0 Å². The molecule has 0 radical (unpaired) electrons. The van der Waals surface area contributed by atoms with Crippen molar-refractivity contribution in [2.75, 3.05) is 7.11 Å². The zero-order valence-electron chi connectivity index (χ0n) is 14.1. The van der Waals surface area contributed by atoms with E-state index in [0.29, 0.717) is 12.1 Å². The normalized spacial score (nSPS) is 11.9. The number of esters is 1. The number of aromatic nitrogens is 2. The van der Waals surface area contributed by atoms with Gasteiger partial charge in [-0.1, -0.05) is 36.4 Å². The molecule has 2 aromatic heterocycles. The lowest BCUT2D eigenvalue weighted by Crippen LogP contribution is -2.43. The van der Waals surface area contributed by atoms with Gasteiger partial charge in [-0.05, 0) is 24.1 Å². The lowest BCUT2D eigenvalue weighted by molar-refractivity contribution is -0.142. The minimum atomic E-state index is -0.772. The van der Waals surface area contributed by atoms with Gasteiger partial charge in [-0.25, -0.2) is 9.78 Å². The molecule has 1 atom stereocenters. The third kappa shape index (κ3) is 3.85. The van der Waals surface area contributed by atoms with Crippen LogP contribution in [0.3, 0.4) is 0 Å². The fraction of sp³-hybridized carbons (Fsp3) is 0.211. The summed E-state index contributed by atoms with van der Waals surface area (Å²) in [7, 11) is 1.31. The molecule has 0 aliphatic carbocycles. The van der Waals surface area contributed by atoms with Crippen LogP contribution in [0.1, 0.15) is 21.6 Å². The maximum absolute atomic E-state index is 12.5. The van der Waals surface area contributed by atoms with Crippen molar-refractivity contribution < 1.29 is 14.3 Å². The molecule has 1 aromatic carbocycles. The molecule has 0 saturated heterocycles. The first kappa shape index (κ1) is 16.7. The summed E-state index contributed by atoms with van der Waals surface area (Å²) in [6.07, 6.45) is 3.89. The lowest BCUT2D eigenvalue weighted by Gasteiger charge is -2.15. The number of methoxy groups -OCH3 is 1. The van der Waals surface area contributed by atoms with E-state index >= 15 is 0 Å². The Balaban J connectivity index is 1.79. The summed E-state index contributed by atoms with van der Waals surface area (Å²) in [6.45, 7) is 1.96. The number of carbonyl (C=O) groups is 2. The summed E-state index contributed by atoms with van der Waals surface area (Å²) >= 11 is 0. The van der Waals surface area contributed by atoms with Crippen LogP contribution in [-0.2, 0) is 16.0 Å². The monoisotopic (exact) mass is 337 g/mol. The van der Waals surface area contributed by atoms with E-state index in [-0.39, 0.29) is 5.69 Å². The molecule has 128 valence electrons. The quantitative estimate of drug-likeness (QED) is 0.724. The third-order valence-electron chi connectivity index (χ3n) is 3.91. The van der Waals surface area contributed by atoms with Gasteiger partial charge in [0.05, 0.1) is 7.11 Å². The summed E-state index contributed by atoms with van der Waals surface area (Å²) in [4.78, 5) is 28.9. The second-order valence-corrected chi connectivity index (χ2v) is 5.84. The third-order valence-corrected chi connectivity index (χ3v) is 3.91. The molecule has 0 bridgehead atoms. The Morgan fingerprint density at radius 1 is 1.16 bits per heavy atom. The van der Waals surface area contributed by atoms with E-state index in [1.54, 1.807) is 10.6 Å². The van der Waals surface area contributed by atoms with Gasteiger partial charge in [0.25, 0.3) is 5.91 Å². The molecule has 3 rings (SSSR count). The number of nitrogens with one attached hydrogen (secondary N) is 1. The topological polar surface area (TPSA) is 72.7 Å². The van der Waals surface area contributed by atoms with Crippen LogP contribution in [0.4, 0.5) is 0 Å². The fourth-order valence-electron chi connectivity index (χ4n) is 2.63. The Morgan fingerprint density at radius 3 is 2.64 bits per heavy atom. The van der Waals surface area contributed by atoms with E-state index in [9.17, 15) is 9.59 Å². The second kappa shape index (κ2) is 7.17. The number of pyridine rings is 1. The number of nitrogens with zero attached hydrogens (tertiary/aromatic N) is 2. The van der Waals surface area contributed by atoms with Gasteiger partial charge in [-0.15, -0.1) is 0 Å². The van der Waals surface area contributed by atoms with Crippen molar-refractivity contribution in [2.24, 2.45) is 0 Å². The molecule has 2 heterocycles. The van der Waals surface area contributed by atoms with Crippen molar-refractivity contribution in [3.05, 3.63) is 71.7 Å². The highest BCUT2D eigenvalue weighted by atomic mass is 16.5. The summed E-state index contributed by atoms with van der Waals surface area (Å²) in [5.41, 5.74) is 2.93. The number of amides is 1. The average molecular weight is 337 g/mol. The Bertz CT molecular complexity index is 903. The second-order valence-electron chi connectivity index (χ2n) is 5.84. The molecule has 1 unspecified atom stereocenters. The van der Waals surface area contributed by atoms with Gasteiger partial charge in [0, 0.05) is 18.8 Å². The SMILES string of the molecule is COC(=O)C(Cc1ccccc1)NC(=O)c1cn2cc(C)ccc2n1. The highest BCUT2D eigenvalue weighted by Crippen LogP contribution is 2.09. The summed E-state index contributed by atoms with van der Waals surface area (Å²) in [5, 5.41) is 2.72. The van der Waals surface area contributed by atoms with Crippen LogP contribution in [0, 0.1) is 6.92 Å². The zero-order chi connectivity index (χ0) is 17.8. The number of benzene rings is 1. The Kier molecular flexibility index (Phi) is 4.79. The van der Waals surface area contributed by atoms with Crippen LogP contribution >= 0.6 is 0 Å². The van der Waals surface area contributed by atoms with Gasteiger partial charge in [-0.3, -0.25) is 4.79 Å². The molecule has 0 spiro atoms. The highest BCUT2D eigenvalue weighted by Gasteiger charge is 2.23. The van der Waals surface area contributed by atoms with Crippen LogP contribution in [0.2, 0.25) is 0 Å². The molecular weight excluding hydrogens is 318 g/mol. The predicted molar refractivity (Wildman–Crippen MR) is 93.3 cm³/mol. The minimum Gasteiger partial charge on any atom is -0.467 e. The molecule has 3 aromatic rings. The van der Waals surface area contributed by atoms with E-state index in [1.165, 1.54) is 7.11 Å². The van der Waals surface area contributed by atoms with Crippen molar-refractivity contribution in [1.82, 2.24) is 14.7 Å². The number of aryl methyl sites for hydroxylation is 1. The largest absolute Gasteiger partial charge is 0.467 e. The maximum Gasteiger partial charge on any atom is 0.328 e. The highest BCUT2D eigenvalue weighted by molar-refractivity contribution is 5.95. The molecule has 0 fully saturated rings. The first-order valence-electron chi connectivity index (χ1n) is 7.95. The minimum absolute atomic E-state index is 0.257. The number of rotatable bonds is 5. The number of ether oxygens (including phenoxy) is 1. The molecular formula is C19H19N3O3. The van der Waals surface area contributed by atoms with E-state index in [2.05, 4.69) is 10.3 Å². The number of hydrogen-bond acceptors (Lipinski definition) is 4. The molecule has 0 saturated carbocycles. The van der Waals surface area contributed by atoms with Gasteiger partial charge < -0.3 is 14.5 Å². The van der Waals surface area contributed by atoms with Crippen molar-refractivity contribution in [1.29, 1.82) is 0 Å². The van der Waals surface area contributed by atoms with Crippen LogP contribution in [-0.4, -0.2) is 34.4 Å². The molecule has 1 amide bonds. The van der Waals surface area contributed by atoms with E-state index < -0.39 is 17.9 Å². The summed E-state index contributed by atoms with van der Waals surface area (Å²) < 4.78 is 6.60. The Labute approximate surface area is 145 Å². The molecule has 1 N–H and O–H groups in total. The standard InChI is InChI=1S/C19H19N3O3/c1-13-8-9-17-20-16(12-22(17)11-13)18(23)21-15(19(24)25-2)10-14-6-4-3-5-7-14/h3-9,11-12,15H,10H2,1-2H3,(H,21,23). The Hall–Kier alpha value is -3.15. The molecule has 0 aliphatic rings. The Morgan fingerprint density at radius 2 is 1.92 bits per heavy atom. The lowest BCUT2D eigenvalue weighted by atomic mass is 10.1. The number of hydrogen-bond donors (Lipinski definition) is 1. The predicted octanol–water partition coefficient (Wildman–Crippen LogP) is 2.16. The van der Waals surface area contributed by atoms with Crippen molar-refractivity contribution in [3.63, 3.8) is 0 Å². The van der Waals surface area contributed by atoms with E-state index in [0.717, 1.165) is 11.1 Å². The summed E-state index contributed by atoms with van der Waals surface area (Å²) in [6, 6.07) is 12.5. The summed E-state index contributed by atoms with van der Waals surface area (Å²) in [5.74, 6) is -0.899. The first-order chi connectivity index (χ1) is 12.1. The van der Waals surface area contributed by atoms with Gasteiger partial charge >= 0.3 is 5.97 Å². The maximum atomic E-state index is 12.5. The van der Waals surface area contributed by atoms with Crippen LogP contribution < -0.4 is 5.32 Å². The van der Waals surface area contributed by atoms with Crippen LogP contribution in [0.25, 0.3) is 5.65 Å². The van der Waals surface area contributed by atoms with Gasteiger partial charge in [-0.2, -0.15) is 0 Å². The number of carbonyl (C=O) groups excluding carboxylic acids is 2. The number of imidazole rings is 1. The van der Waals surface area contributed by atoms with Gasteiger partial charge in [0.1, 0.15) is 17.4 Å². The van der Waals surface area contributed by atoms with E-state index in [1.807, 2.05) is 55.6 Å². The smallest absolute Gasteiger partial charge is 0.328 e. The molecule has 0 aliphatic heterocycles. The van der Waals surface area contributed by atoms with Crippen molar-refractivity contribution >= 4 is 17.5 Å². The molecule has 6 heteroatoms. The fourth-order valence-corrected chi connectivity index (χ4v) is 2.63. The first-order valence-corrected chi connectivity index (χ1v) is 7.95. The van der Waals surface area contributed by atoms with Crippen molar-refractivity contribution in [2.45, 2.75) is 19.4 Å². The molecule has 6 nitrogen and oxygen atoms in total. The van der Waals surface area contributed by atoms with E-state index in [4.69, 9.17) is 4.74 Å². The number of fused-ring (bicyclic) bond motifs is 1. The molecule has 25 heavy (non-hydrogen) atoms. The van der Waals surface area contributed by atoms with Gasteiger partial charge in [0.2, 0.25) is 0 Å².